The molecule has 1 aromatic carbocycles. The van der Waals surface area contributed by atoms with Gasteiger partial charge >= 0.3 is 0 Å². The number of rotatable bonds is 2. The van der Waals surface area contributed by atoms with Crippen molar-refractivity contribution in [2.24, 2.45) is 0 Å². The molecule has 1 aliphatic rings. The van der Waals surface area contributed by atoms with E-state index >= 15 is 0 Å². The minimum absolute atomic E-state index is 0.00854. The van der Waals surface area contributed by atoms with E-state index in [4.69, 9.17) is 6.42 Å². The van der Waals surface area contributed by atoms with Gasteiger partial charge < -0.3 is 5.32 Å². The monoisotopic (exact) mass is 228 g/mol. The van der Waals surface area contributed by atoms with Crippen LogP contribution in [0.2, 0.25) is 0 Å². The third-order valence-electron chi connectivity index (χ3n) is 3.43. The predicted octanol–water partition coefficient (Wildman–Crippen LogP) is 1.83. The summed E-state index contributed by atoms with van der Waals surface area (Å²) in [6.07, 6.45) is 6.58. The fraction of sp³-hybridized carbons (Fsp3) is 0.467. The van der Waals surface area contributed by atoms with Gasteiger partial charge in [0, 0.05) is 13.1 Å². The Hall–Kier alpha value is -1.30. The van der Waals surface area contributed by atoms with E-state index in [-0.39, 0.29) is 5.54 Å². The molecule has 1 saturated heterocycles. The van der Waals surface area contributed by atoms with Crippen molar-refractivity contribution in [2.45, 2.75) is 18.9 Å². The van der Waals surface area contributed by atoms with E-state index in [0.717, 1.165) is 32.6 Å². The Morgan fingerprint density at radius 1 is 1.41 bits per heavy atom. The highest BCUT2D eigenvalue weighted by molar-refractivity contribution is 5.24. The number of nitrogens with zero attached hydrogens (tertiary/aromatic N) is 1. The SMILES string of the molecule is C#CCN1CCCNC(C)(c2ccccc2)C1. The molecule has 1 fully saturated rings. The average molecular weight is 228 g/mol. The molecule has 0 spiro atoms. The summed E-state index contributed by atoms with van der Waals surface area (Å²) in [5.74, 6) is 2.75. The van der Waals surface area contributed by atoms with Crippen molar-refractivity contribution in [3.05, 3.63) is 35.9 Å². The van der Waals surface area contributed by atoms with Gasteiger partial charge in [-0.2, -0.15) is 0 Å². The van der Waals surface area contributed by atoms with Gasteiger partial charge in [-0.3, -0.25) is 4.90 Å². The van der Waals surface area contributed by atoms with Crippen LogP contribution in [0.1, 0.15) is 18.9 Å². The van der Waals surface area contributed by atoms with E-state index in [1.54, 1.807) is 0 Å². The normalized spacial score (nSPS) is 26.1. The third-order valence-corrected chi connectivity index (χ3v) is 3.43. The van der Waals surface area contributed by atoms with E-state index in [9.17, 15) is 0 Å². The summed E-state index contributed by atoms with van der Waals surface area (Å²) in [5.41, 5.74) is 1.35. The molecule has 2 rings (SSSR count). The van der Waals surface area contributed by atoms with E-state index in [1.165, 1.54) is 5.56 Å². The van der Waals surface area contributed by atoms with Gasteiger partial charge in [-0.25, -0.2) is 0 Å². The molecule has 0 saturated carbocycles. The van der Waals surface area contributed by atoms with Crippen LogP contribution in [0.4, 0.5) is 0 Å². The molecular weight excluding hydrogens is 208 g/mol. The fourth-order valence-corrected chi connectivity index (χ4v) is 2.51. The summed E-state index contributed by atoms with van der Waals surface area (Å²) < 4.78 is 0. The molecule has 0 amide bonds. The summed E-state index contributed by atoms with van der Waals surface area (Å²) in [4.78, 5) is 2.35. The molecule has 1 atom stereocenters. The van der Waals surface area contributed by atoms with Gasteiger partial charge in [-0.05, 0) is 25.5 Å². The molecule has 90 valence electrons. The Bertz CT molecular complexity index is 393. The van der Waals surface area contributed by atoms with Crippen LogP contribution in [0.25, 0.3) is 0 Å². The van der Waals surface area contributed by atoms with Gasteiger partial charge in [0.15, 0.2) is 0 Å². The van der Waals surface area contributed by atoms with Crippen LogP contribution in [-0.4, -0.2) is 31.1 Å². The Morgan fingerprint density at radius 2 is 2.18 bits per heavy atom. The van der Waals surface area contributed by atoms with Gasteiger partial charge in [0.2, 0.25) is 0 Å². The maximum atomic E-state index is 5.43. The van der Waals surface area contributed by atoms with Crippen molar-refractivity contribution in [3.8, 4) is 12.3 Å². The molecule has 0 radical (unpaired) electrons. The molecular formula is C15H20N2. The van der Waals surface area contributed by atoms with Gasteiger partial charge in [0.1, 0.15) is 0 Å². The molecule has 2 heteroatoms. The molecule has 1 aliphatic heterocycles. The molecule has 0 aliphatic carbocycles. The number of benzene rings is 1. The zero-order chi connectivity index (χ0) is 12.1. The van der Waals surface area contributed by atoms with Crippen molar-refractivity contribution in [1.29, 1.82) is 0 Å². The number of nitrogens with one attached hydrogen (secondary N) is 1. The molecule has 0 aromatic heterocycles. The third kappa shape index (κ3) is 2.88. The largest absolute Gasteiger partial charge is 0.306 e. The Kier molecular flexibility index (Phi) is 3.83. The first-order valence-electron chi connectivity index (χ1n) is 6.21. The molecule has 1 N–H and O–H groups in total. The van der Waals surface area contributed by atoms with Gasteiger partial charge in [-0.1, -0.05) is 36.3 Å². The van der Waals surface area contributed by atoms with Crippen molar-refractivity contribution in [3.63, 3.8) is 0 Å². The second kappa shape index (κ2) is 5.35. The zero-order valence-electron chi connectivity index (χ0n) is 10.4. The first-order chi connectivity index (χ1) is 8.24. The lowest BCUT2D eigenvalue weighted by molar-refractivity contribution is 0.242. The van der Waals surface area contributed by atoms with Crippen molar-refractivity contribution in [1.82, 2.24) is 10.2 Å². The summed E-state index contributed by atoms with van der Waals surface area (Å²) in [6.45, 7) is 6.11. The van der Waals surface area contributed by atoms with Crippen LogP contribution in [0.3, 0.4) is 0 Å². The van der Waals surface area contributed by atoms with Crippen LogP contribution in [0, 0.1) is 12.3 Å². The summed E-state index contributed by atoms with van der Waals surface area (Å²) in [5, 5.41) is 3.65. The van der Waals surface area contributed by atoms with Crippen LogP contribution in [0.5, 0.6) is 0 Å². The van der Waals surface area contributed by atoms with Crippen molar-refractivity contribution >= 4 is 0 Å². The lowest BCUT2D eigenvalue weighted by Gasteiger charge is -2.33. The molecule has 17 heavy (non-hydrogen) atoms. The van der Waals surface area contributed by atoms with Crippen LogP contribution in [-0.2, 0) is 5.54 Å². The summed E-state index contributed by atoms with van der Waals surface area (Å²) in [7, 11) is 0. The van der Waals surface area contributed by atoms with Crippen LogP contribution < -0.4 is 5.32 Å². The van der Waals surface area contributed by atoms with E-state index in [2.05, 4.69) is 53.4 Å². The quantitative estimate of drug-likeness (QED) is 0.777. The highest BCUT2D eigenvalue weighted by atomic mass is 15.2. The molecule has 0 bridgehead atoms. The lowest BCUT2D eigenvalue weighted by Crippen LogP contribution is -2.46. The summed E-state index contributed by atoms with van der Waals surface area (Å²) >= 11 is 0. The first kappa shape index (κ1) is 12.2. The maximum Gasteiger partial charge on any atom is 0.0599 e. The highest BCUT2D eigenvalue weighted by Crippen LogP contribution is 2.23. The van der Waals surface area contributed by atoms with Crippen LogP contribution in [0.15, 0.2) is 30.3 Å². The number of hydrogen-bond donors (Lipinski definition) is 1. The van der Waals surface area contributed by atoms with E-state index in [1.807, 2.05) is 0 Å². The highest BCUT2D eigenvalue weighted by Gasteiger charge is 2.30. The zero-order valence-corrected chi connectivity index (χ0v) is 10.4. The predicted molar refractivity (Wildman–Crippen MR) is 71.7 cm³/mol. The van der Waals surface area contributed by atoms with Crippen LogP contribution >= 0.6 is 0 Å². The Balaban J connectivity index is 2.20. The minimum atomic E-state index is 0.00854. The molecule has 1 aromatic rings. The summed E-state index contributed by atoms with van der Waals surface area (Å²) in [6, 6.07) is 10.6. The fourth-order valence-electron chi connectivity index (χ4n) is 2.51. The molecule has 2 nitrogen and oxygen atoms in total. The lowest BCUT2D eigenvalue weighted by atomic mass is 9.91. The van der Waals surface area contributed by atoms with Crippen molar-refractivity contribution < 1.29 is 0 Å². The average Bonchev–Trinajstić information content (AvgIpc) is 2.54. The number of terminal acetylenes is 1. The smallest absolute Gasteiger partial charge is 0.0599 e. The number of hydrogen-bond acceptors (Lipinski definition) is 2. The first-order valence-corrected chi connectivity index (χ1v) is 6.21. The van der Waals surface area contributed by atoms with Gasteiger partial charge in [0.25, 0.3) is 0 Å². The Labute approximate surface area is 104 Å². The second-order valence-corrected chi connectivity index (χ2v) is 4.89. The standard InChI is InChI=1S/C15H20N2/c1-3-11-17-12-7-10-16-15(2,13-17)14-8-5-4-6-9-14/h1,4-6,8-9,16H,7,10-13H2,2H3. The maximum absolute atomic E-state index is 5.43. The Morgan fingerprint density at radius 3 is 2.88 bits per heavy atom. The second-order valence-electron chi connectivity index (χ2n) is 4.89. The van der Waals surface area contributed by atoms with Crippen molar-refractivity contribution in [2.75, 3.05) is 26.2 Å². The molecule has 1 heterocycles. The van der Waals surface area contributed by atoms with E-state index in [0.29, 0.717) is 0 Å². The van der Waals surface area contributed by atoms with Gasteiger partial charge in [0.05, 0.1) is 12.1 Å². The molecule has 1 unspecified atom stereocenters. The minimum Gasteiger partial charge on any atom is -0.306 e. The van der Waals surface area contributed by atoms with E-state index < -0.39 is 0 Å². The van der Waals surface area contributed by atoms with Gasteiger partial charge in [-0.15, -0.1) is 6.42 Å². The topological polar surface area (TPSA) is 15.3 Å².